The molecule has 0 saturated carbocycles. The van der Waals surface area contributed by atoms with Crippen LogP contribution in [-0.2, 0) is 10.2 Å². The maximum absolute atomic E-state index is 13.0. The number of halogens is 1. The molecular formula is C9H9FN2O2S. The number of hydrogen-bond acceptors (Lipinski definition) is 3. The van der Waals surface area contributed by atoms with Crippen LogP contribution in [0.1, 0.15) is 11.3 Å². The lowest BCUT2D eigenvalue weighted by Crippen LogP contribution is -1.99. The number of imidazole rings is 1. The van der Waals surface area contributed by atoms with E-state index >= 15 is 0 Å². The van der Waals surface area contributed by atoms with Gasteiger partial charge >= 0.3 is 10.2 Å². The molecule has 2 aromatic heterocycles. The summed E-state index contributed by atoms with van der Waals surface area (Å²) in [7, 11) is -4.73. The quantitative estimate of drug-likeness (QED) is 0.697. The van der Waals surface area contributed by atoms with Crippen LogP contribution in [0.15, 0.2) is 23.4 Å². The Morgan fingerprint density at radius 3 is 2.67 bits per heavy atom. The summed E-state index contributed by atoms with van der Waals surface area (Å²) in [5, 5.41) is -0.388. The van der Waals surface area contributed by atoms with Gasteiger partial charge in [-0.05, 0) is 25.5 Å². The third kappa shape index (κ3) is 1.50. The molecule has 0 aliphatic rings. The molecule has 0 atom stereocenters. The van der Waals surface area contributed by atoms with Crippen molar-refractivity contribution in [3.63, 3.8) is 0 Å². The van der Waals surface area contributed by atoms with E-state index in [0.29, 0.717) is 5.65 Å². The van der Waals surface area contributed by atoms with Crippen molar-refractivity contribution in [1.82, 2.24) is 9.38 Å². The zero-order chi connectivity index (χ0) is 11.2. The van der Waals surface area contributed by atoms with E-state index in [2.05, 4.69) is 4.98 Å². The molecule has 2 rings (SSSR count). The fourth-order valence-electron chi connectivity index (χ4n) is 1.59. The van der Waals surface area contributed by atoms with Crippen LogP contribution in [0.5, 0.6) is 0 Å². The minimum absolute atomic E-state index is 0.173. The first kappa shape index (κ1) is 10.1. The van der Waals surface area contributed by atoms with E-state index in [-0.39, 0.29) is 10.7 Å². The summed E-state index contributed by atoms with van der Waals surface area (Å²) >= 11 is 0. The van der Waals surface area contributed by atoms with Crippen molar-refractivity contribution >= 4 is 15.9 Å². The Labute approximate surface area is 86.6 Å². The second-order valence-electron chi connectivity index (χ2n) is 3.33. The van der Waals surface area contributed by atoms with Gasteiger partial charge in [-0.25, -0.2) is 4.98 Å². The Kier molecular flexibility index (Phi) is 2.04. The molecule has 0 aromatic carbocycles. The van der Waals surface area contributed by atoms with Gasteiger partial charge in [-0.3, -0.25) is 4.40 Å². The summed E-state index contributed by atoms with van der Waals surface area (Å²) in [6.45, 7) is 3.26. The molecule has 0 spiro atoms. The van der Waals surface area contributed by atoms with E-state index in [0.717, 1.165) is 5.56 Å². The van der Waals surface area contributed by atoms with Crippen LogP contribution in [0.4, 0.5) is 3.89 Å². The highest BCUT2D eigenvalue weighted by atomic mass is 32.3. The topological polar surface area (TPSA) is 51.4 Å². The molecule has 2 heterocycles. The smallest absolute Gasteiger partial charge is 0.288 e. The molecule has 2 aromatic rings. The molecule has 80 valence electrons. The number of aryl methyl sites for hydroxylation is 2. The largest absolute Gasteiger partial charge is 0.350 e. The fraction of sp³-hybridized carbons (Fsp3) is 0.222. The minimum Gasteiger partial charge on any atom is -0.288 e. The summed E-state index contributed by atoms with van der Waals surface area (Å²) in [5.41, 5.74) is 1.44. The molecule has 0 saturated heterocycles. The first-order valence-corrected chi connectivity index (χ1v) is 5.68. The molecule has 4 nitrogen and oxygen atoms in total. The number of rotatable bonds is 1. The van der Waals surface area contributed by atoms with Gasteiger partial charge in [0.05, 0.1) is 5.69 Å². The predicted octanol–water partition coefficient (Wildman–Crippen LogP) is 1.61. The first-order chi connectivity index (χ1) is 6.91. The highest BCUT2D eigenvalue weighted by Crippen LogP contribution is 2.20. The number of pyridine rings is 1. The third-order valence-electron chi connectivity index (χ3n) is 2.20. The summed E-state index contributed by atoms with van der Waals surface area (Å²) < 4.78 is 36.1. The molecule has 6 heteroatoms. The predicted molar refractivity (Wildman–Crippen MR) is 53.0 cm³/mol. The third-order valence-corrected chi connectivity index (χ3v) is 3.15. The lowest BCUT2D eigenvalue weighted by atomic mass is 10.3. The Morgan fingerprint density at radius 2 is 2.07 bits per heavy atom. The van der Waals surface area contributed by atoms with Gasteiger partial charge in [-0.2, -0.15) is 8.42 Å². The molecule has 0 amide bonds. The monoisotopic (exact) mass is 228 g/mol. The van der Waals surface area contributed by atoms with E-state index in [1.165, 1.54) is 17.5 Å². The van der Waals surface area contributed by atoms with Gasteiger partial charge in [0.15, 0.2) is 5.03 Å². The van der Waals surface area contributed by atoms with Crippen LogP contribution in [0.25, 0.3) is 5.65 Å². The normalized spacial score (nSPS) is 12.2. The molecule has 0 bridgehead atoms. The van der Waals surface area contributed by atoms with E-state index in [1.54, 1.807) is 19.1 Å². The standard InChI is InChI=1S/C9H9FN2O2S/c1-6-4-3-5-12-8(6)11-7(2)9(12)15(10,13)14/h3-5H,1-2H3. The molecule has 0 radical (unpaired) electrons. The van der Waals surface area contributed by atoms with Crippen molar-refractivity contribution in [3.8, 4) is 0 Å². The second-order valence-corrected chi connectivity index (χ2v) is 4.59. The first-order valence-electron chi connectivity index (χ1n) is 4.30. The summed E-state index contributed by atoms with van der Waals surface area (Å²) in [4.78, 5) is 4.02. The number of fused-ring (bicyclic) bond motifs is 1. The van der Waals surface area contributed by atoms with Crippen molar-refractivity contribution in [3.05, 3.63) is 29.6 Å². The average molecular weight is 228 g/mol. The molecule has 0 aliphatic carbocycles. The van der Waals surface area contributed by atoms with Crippen LogP contribution in [0.2, 0.25) is 0 Å². The molecule has 0 unspecified atom stereocenters. The lowest BCUT2D eigenvalue weighted by Gasteiger charge is -1.98. The Morgan fingerprint density at radius 1 is 1.40 bits per heavy atom. The summed E-state index contributed by atoms with van der Waals surface area (Å²) in [6, 6.07) is 3.44. The lowest BCUT2D eigenvalue weighted by molar-refractivity contribution is 0.545. The maximum atomic E-state index is 13.0. The van der Waals surface area contributed by atoms with Crippen LogP contribution in [-0.4, -0.2) is 17.8 Å². The molecular weight excluding hydrogens is 219 g/mol. The maximum Gasteiger partial charge on any atom is 0.350 e. The molecule has 0 fully saturated rings. The van der Waals surface area contributed by atoms with Crippen molar-refractivity contribution in [2.45, 2.75) is 18.9 Å². The van der Waals surface area contributed by atoms with Gasteiger partial charge < -0.3 is 0 Å². The van der Waals surface area contributed by atoms with Crippen molar-refractivity contribution < 1.29 is 12.3 Å². The van der Waals surface area contributed by atoms with Gasteiger partial charge in [0.1, 0.15) is 5.65 Å². The van der Waals surface area contributed by atoms with Gasteiger partial charge in [0.25, 0.3) is 0 Å². The molecule has 0 N–H and O–H groups in total. The van der Waals surface area contributed by atoms with Gasteiger partial charge in [-0.1, -0.05) is 9.95 Å². The van der Waals surface area contributed by atoms with Crippen LogP contribution < -0.4 is 0 Å². The highest BCUT2D eigenvalue weighted by Gasteiger charge is 2.22. The Hall–Kier alpha value is -1.43. The summed E-state index contributed by atoms with van der Waals surface area (Å²) in [5.74, 6) is 0. The zero-order valence-electron chi connectivity index (χ0n) is 8.23. The van der Waals surface area contributed by atoms with Crippen molar-refractivity contribution in [2.24, 2.45) is 0 Å². The fourth-order valence-corrected chi connectivity index (χ4v) is 2.37. The van der Waals surface area contributed by atoms with E-state index < -0.39 is 10.2 Å². The van der Waals surface area contributed by atoms with Gasteiger partial charge in [0.2, 0.25) is 0 Å². The zero-order valence-corrected chi connectivity index (χ0v) is 9.05. The minimum atomic E-state index is -4.73. The van der Waals surface area contributed by atoms with Gasteiger partial charge in [-0.15, -0.1) is 0 Å². The van der Waals surface area contributed by atoms with E-state index in [4.69, 9.17) is 0 Å². The Bertz CT molecular complexity index is 631. The van der Waals surface area contributed by atoms with Crippen LogP contribution in [0, 0.1) is 13.8 Å². The highest BCUT2D eigenvalue weighted by molar-refractivity contribution is 7.86. The average Bonchev–Trinajstić information content (AvgIpc) is 2.41. The van der Waals surface area contributed by atoms with E-state index in [1.807, 2.05) is 0 Å². The van der Waals surface area contributed by atoms with E-state index in [9.17, 15) is 12.3 Å². The summed E-state index contributed by atoms with van der Waals surface area (Å²) in [6.07, 6.45) is 1.48. The second kappa shape index (κ2) is 3.03. The number of nitrogens with zero attached hydrogens (tertiary/aromatic N) is 2. The molecule has 0 aliphatic heterocycles. The Balaban J connectivity index is 2.99. The van der Waals surface area contributed by atoms with Crippen LogP contribution in [0.3, 0.4) is 0 Å². The molecule has 15 heavy (non-hydrogen) atoms. The van der Waals surface area contributed by atoms with Gasteiger partial charge in [0, 0.05) is 6.20 Å². The van der Waals surface area contributed by atoms with Crippen molar-refractivity contribution in [2.75, 3.05) is 0 Å². The van der Waals surface area contributed by atoms with Crippen molar-refractivity contribution in [1.29, 1.82) is 0 Å². The van der Waals surface area contributed by atoms with Crippen LogP contribution >= 0.6 is 0 Å². The number of aromatic nitrogens is 2. The number of hydrogen-bond donors (Lipinski definition) is 0. The SMILES string of the molecule is Cc1nc2c(C)cccn2c1S(=O)(=O)F.